The molecule has 1 heterocycles. The summed E-state index contributed by atoms with van der Waals surface area (Å²) in [5, 5.41) is 0. The van der Waals surface area contributed by atoms with Crippen LogP contribution in [-0.4, -0.2) is 58.5 Å². The van der Waals surface area contributed by atoms with E-state index in [1.54, 1.807) is 14.2 Å². The van der Waals surface area contributed by atoms with Gasteiger partial charge in [-0.1, -0.05) is 6.92 Å². The van der Waals surface area contributed by atoms with E-state index in [-0.39, 0.29) is 0 Å². The average molecular weight is 309 g/mol. The van der Waals surface area contributed by atoms with Gasteiger partial charge < -0.3 is 19.2 Å². The summed E-state index contributed by atoms with van der Waals surface area (Å²) in [5.74, 6) is 7.26. The molecule has 0 bridgehead atoms. The van der Waals surface area contributed by atoms with Crippen LogP contribution < -0.4 is 20.3 Å². The van der Waals surface area contributed by atoms with Crippen molar-refractivity contribution in [3.05, 3.63) is 18.2 Å². The van der Waals surface area contributed by atoms with Gasteiger partial charge in [0.25, 0.3) is 0 Å². The minimum Gasteiger partial charge on any atom is -0.497 e. The van der Waals surface area contributed by atoms with E-state index >= 15 is 0 Å². The third-order valence-electron chi connectivity index (χ3n) is 4.05. The normalized spacial score (nSPS) is 17.4. The van der Waals surface area contributed by atoms with Crippen LogP contribution in [0.5, 0.6) is 11.5 Å². The van der Waals surface area contributed by atoms with E-state index in [0.29, 0.717) is 12.5 Å². The third kappa shape index (κ3) is 4.25. The molecule has 1 unspecified atom stereocenters. The molecule has 1 aromatic rings. The second kappa shape index (κ2) is 8.22. The van der Waals surface area contributed by atoms with Crippen LogP contribution in [-0.2, 0) is 4.84 Å². The van der Waals surface area contributed by atoms with Gasteiger partial charge in [0.15, 0.2) is 0 Å². The maximum absolute atomic E-state index is 5.50. The van der Waals surface area contributed by atoms with E-state index in [9.17, 15) is 0 Å². The molecule has 124 valence electrons. The van der Waals surface area contributed by atoms with Crippen molar-refractivity contribution in [1.82, 2.24) is 4.90 Å². The van der Waals surface area contributed by atoms with Crippen molar-refractivity contribution in [2.24, 2.45) is 11.8 Å². The lowest BCUT2D eigenvalue weighted by atomic mass is 10.1. The molecule has 1 fully saturated rings. The largest absolute Gasteiger partial charge is 0.497 e. The van der Waals surface area contributed by atoms with Crippen molar-refractivity contribution >= 4 is 5.69 Å². The summed E-state index contributed by atoms with van der Waals surface area (Å²) in [7, 11) is 3.36. The summed E-state index contributed by atoms with van der Waals surface area (Å²) in [6.07, 6.45) is 0. The second-order valence-electron chi connectivity index (χ2n) is 5.76. The summed E-state index contributed by atoms with van der Waals surface area (Å²) in [5.41, 5.74) is 1.13. The molecule has 1 saturated heterocycles. The number of nitrogens with zero attached hydrogens (tertiary/aromatic N) is 2. The van der Waals surface area contributed by atoms with Gasteiger partial charge >= 0.3 is 0 Å². The Morgan fingerprint density at radius 2 is 1.86 bits per heavy atom. The molecule has 1 atom stereocenters. The molecule has 0 radical (unpaired) electrons. The van der Waals surface area contributed by atoms with Crippen LogP contribution in [0.15, 0.2) is 18.2 Å². The number of ether oxygens (including phenoxy) is 2. The fourth-order valence-corrected chi connectivity index (χ4v) is 2.88. The van der Waals surface area contributed by atoms with E-state index in [4.69, 9.17) is 20.2 Å². The molecule has 1 aliphatic heterocycles. The molecule has 22 heavy (non-hydrogen) atoms. The molecule has 6 heteroatoms. The molecular formula is C16H27N3O3. The SMILES string of the molecule is COc1ccc(N2CCN(CC(C)CON)CC2)c(OC)c1. The highest BCUT2D eigenvalue weighted by Gasteiger charge is 2.21. The molecule has 2 rings (SSSR count). The molecular weight excluding hydrogens is 282 g/mol. The summed E-state index contributed by atoms with van der Waals surface area (Å²) in [6.45, 7) is 7.81. The van der Waals surface area contributed by atoms with Crippen molar-refractivity contribution in [2.45, 2.75) is 6.92 Å². The van der Waals surface area contributed by atoms with Crippen molar-refractivity contribution < 1.29 is 14.3 Å². The lowest BCUT2D eigenvalue weighted by Crippen LogP contribution is -2.48. The Hall–Kier alpha value is -1.50. The summed E-state index contributed by atoms with van der Waals surface area (Å²) < 4.78 is 10.8. The summed E-state index contributed by atoms with van der Waals surface area (Å²) >= 11 is 0. The predicted octanol–water partition coefficient (Wildman–Crippen LogP) is 1.35. The van der Waals surface area contributed by atoms with Gasteiger partial charge in [0.2, 0.25) is 0 Å². The molecule has 0 aliphatic carbocycles. The topological polar surface area (TPSA) is 60.2 Å². The lowest BCUT2D eigenvalue weighted by Gasteiger charge is -2.37. The Labute approximate surface area is 132 Å². The Kier molecular flexibility index (Phi) is 6.30. The lowest BCUT2D eigenvalue weighted by molar-refractivity contribution is 0.0874. The van der Waals surface area contributed by atoms with Crippen LogP contribution in [0.3, 0.4) is 0 Å². The third-order valence-corrected chi connectivity index (χ3v) is 4.05. The fourth-order valence-electron chi connectivity index (χ4n) is 2.88. The first-order valence-electron chi connectivity index (χ1n) is 7.69. The number of methoxy groups -OCH3 is 2. The van der Waals surface area contributed by atoms with Crippen molar-refractivity contribution in [1.29, 1.82) is 0 Å². The minimum absolute atomic E-state index is 0.451. The first-order valence-corrected chi connectivity index (χ1v) is 7.69. The van der Waals surface area contributed by atoms with Crippen LogP contribution in [0, 0.1) is 5.92 Å². The average Bonchev–Trinajstić information content (AvgIpc) is 2.55. The highest BCUT2D eigenvalue weighted by atomic mass is 16.6. The predicted molar refractivity (Wildman–Crippen MR) is 87.5 cm³/mol. The zero-order chi connectivity index (χ0) is 15.9. The van der Waals surface area contributed by atoms with Crippen LogP contribution in [0.2, 0.25) is 0 Å². The van der Waals surface area contributed by atoms with Gasteiger partial charge in [0, 0.05) is 38.8 Å². The standard InChI is InChI=1S/C16H27N3O3/c1-13(12-22-17)11-18-6-8-19(9-7-18)15-5-4-14(20-2)10-16(15)21-3/h4-5,10,13H,6-9,11-12,17H2,1-3H3. The van der Waals surface area contributed by atoms with Gasteiger partial charge in [0.05, 0.1) is 26.5 Å². The first-order chi connectivity index (χ1) is 10.7. The van der Waals surface area contributed by atoms with E-state index in [1.165, 1.54) is 0 Å². The molecule has 0 spiro atoms. The van der Waals surface area contributed by atoms with Crippen molar-refractivity contribution in [3.8, 4) is 11.5 Å². The van der Waals surface area contributed by atoms with Crippen LogP contribution in [0.4, 0.5) is 5.69 Å². The minimum atomic E-state index is 0.451. The van der Waals surface area contributed by atoms with Gasteiger partial charge in [0.1, 0.15) is 11.5 Å². The van der Waals surface area contributed by atoms with Gasteiger partial charge in [-0.25, -0.2) is 5.90 Å². The Morgan fingerprint density at radius 3 is 2.45 bits per heavy atom. The zero-order valence-electron chi connectivity index (χ0n) is 13.7. The molecule has 2 N–H and O–H groups in total. The number of anilines is 1. The molecule has 6 nitrogen and oxygen atoms in total. The molecule has 0 saturated carbocycles. The number of nitrogens with two attached hydrogens (primary N) is 1. The Bertz CT molecular complexity index is 462. The van der Waals surface area contributed by atoms with Crippen LogP contribution in [0.1, 0.15) is 6.92 Å². The first kappa shape index (κ1) is 16.9. The Morgan fingerprint density at radius 1 is 1.14 bits per heavy atom. The van der Waals surface area contributed by atoms with Gasteiger partial charge in [-0.15, -0.1) is 0 Å². The van der Waals surface area contributed by atoms with E-state index in [2.05, 4.69) is 22.8 Å². The summed E-state index contributed by atoms with van der Waals surface area (Å²) in [4.78, 5) is 9.54. The number of rotatable bonds is 7. The maximum Gasteiger partial charge on any atom is 0.145 e. The zero-order valence-corrected chi connectivity index (χ0v) is 13.7. The van der Waals surface area contributed by atoms with Gasteiger partial charge in [-0.2, -0.15) is 0 Å². The van der Waals surface area contributed by atoms with Crippen molar-refractivity contribution in [2.75, 3.05) is 58.5 Å². The highest BCUT2D eigenvalue weighted by molar-refractivity contribution is 5.61. The maximum atomic E-state index is 5.50. The van der Waals surface area contributed by atoms with E-state index in [1.807, 2.05) is 12.1 Å². The Balaban J connectivity index is 1.94. The number of benzene rings is 1. The quantitative estimate of drug-likeness (QED) is 0.767. The number of hydrogen-bond acceptors (Lipinski definition) is 6. The van der Waals surface area contributed by atoms with E-state index < -0.39 is 0 Å². The highest BCUT2D eigenvalue weighted by Crippen LogP contribution is 2.32. The second-order valence-corrected chi connectivity index (χ2v) is 5.76. The monoisotopic (exact) mass is 309 g/mol. The molecule has 1 aromatic carbocycles. The molecule has 0 amide bonds. The smallest absolute Gasteiger partial charge is 0.145 e. The molecule has 0 aromatic heterocycles. The fraction of sp³-hybridized carbons (Fsp3) is 0.625. The van der Waals surface area contributed by atoms with Gasteiger partial charge in [-0.05, 0) is 18.1 Å². The number of piperazine rings is 1. The van der Waals surface area contributed by atoms with Crippen LogP contribution >= 0.6 is 0 Å². The number of hydrogen-bond donors (Lipinski definition) is 1. The van der Waals surface area contributed by atoms with E-state index in [0.717, 1.165) is 49.9 Å². The summed E-state index contributed by atoms with van der Waals surface area (Å²) in [6, 6.07) is 5.98. The van der Waals surface area contributed by atoms with Crippen molar-refractivity contribution in [3.63, 3.8) is 0 Å². The van der Waals surface area contributed by atoms with Crippen LogP contribution in [0.25, 0.3) is 0 Å². The molecule has 1 aliphatic rings. The van der Waals surface area contributed by atoms with Gasteiger partial charge in [-0.3, -0.25) is 4.90 Å².